The van der Waals surface area contributed by atoms with Crippen molar-refractivity contribution in [1.29, 1.82) is 0 Å². The van der Waals surface area contributed by atoms with Crippen LogP contribution in [0.1, 0.15) is 41.2 Å². The number of methoxy groups -OCH3 is 2. The first kappa shape index (κ1) is 22.7. The van der Waals surface area contributed by atoms with Crippen molar-refractivity contribution < 1.29 is 19.1 Å². The van der Waals surface area contributed by atoms with E-state index in [0.29, 0.717) is 48.1 Å². The van der Waals surface area contributed by atoms with Crippen molar-refractivity contribution in [2.24, 2.45) is 0 Å². The molecule has 2 aromatic heterocycles. The average molecular weight is 481 g/mol. The van der Waals surface area contributed by atoms with Gasteiger partial charge < -0.3 is 14.4 Å². The molecule has 34 heavy (non-hydrogen) atoms. The summed E-state index contributed by atoms with van der Waals surface area (Å²) in [6, 6.07) is 14.1. The van der Waals surface area contributed by atoms with E-state index in [4.69, 9.17) is 21.1 Å². The number of carbonyl (C=O) groups is 2. The second-order valence-electron chi connectivity index (χ2n) is 8.53. The molecule has 9 heteroatoms. The molecule has 0 N–H and O–H groups in total. The summed E-state index contributed by atoms with van der Waals surface area (Å²) in [5, 5.41) is 1.14. The maximum Gasteiger partial charge on any atom is 0.260 e. The Morgan fingerprint density at radius 2 is 1.76 bits per heavy atom. The maximum absolute atomic E-state index is 13.4. The van der Waals surface area contributed by atoms with Crippen molar-refractivity contribution in [3.63, 3.8) is 0 Å². The fourth-order valence-electron chi connectivity index (χ4n) is 4.84. The molecular weight excluding hydrogens is 456 g/mol. The summed E-state index contributed by atoms with van der Waals surface area (Å²) in [6.45, 7) is 1.05. The van der Waals surface area contributed by atoms with Crippen molar-refractivity contribution in [3.05, 3.63) is 64.8 Å². The van der Waals surface area contributed by atoms with Crippen LogP contribution in [0.5, 0.6) is 0 Å². The van der Waals surface area contributed by atoms with Gasteiger partial charge in [-0.3, -0.25) is 14.5 Å². The van der Waals surface area contributed by atoms with Crippen LogP contribution in [0.25, 0.3) is 11.0 Å². The molecule has 2 amide bonds. The molecule has 2 aliphatic rings. The highest BCUT2D eigenvalue weighted by molar-refractivity contribution is 6.29. The van der Waals surface area contributed by atoms with E-state index in [-0.39, 0.29) is 18.2 Å². The molecule has 0 bridgehead atoms. The van der Waals surface area contributed by atoms with Crippen molar-refractivity contribution in [2.75, 3.05) is 32.2 Å². The second kappa shape index (κ2) is 8.94. The lowest BCUT2D eigenvalue weighted by molar-refractivity contribution is -0.228. The van der Waals surface area contributed by atoms with E-state index in [0.717, 1.165) is 10.9 Å². The van der Waals surface area contributed by atoms with E-state index < -0.39 is 11.8 Å². The van der Waals surface area contributed by atoms with Gasteiger partial charge in [-0.1, -0.05) is 29.8 Å². The van der Waals surface area contributed by atoms with Crippen molar-refractivity contribution in [2.45, 2.75) is 31.1 Å². The summed E-state index contributed by atoms with van der Waals surface area (Å²) >= 11 is 6.06. The third-order valence-electron chi connectivity index (χ3n) is 6.82. The Labute approximate surface area is 202 Å². The van der Waals surface area contributed by atoms with Crippen molar-refractivity contribution in [1.82, 2.24) is 14.9 Å². The number of ether oxygens (including phenoxy) is 2. The molecule has 1 aromatic carbocycles. The van der Waals surface area contributed by atoms with Crippen LogP contribution in [-0.2, 0) is 14.3 Å². The Kier molecular flexibility index (Phi) is 5.97. The molecule has 3 aromatic rings. The van der Waals surface area contributed by atoms with E-state index in [9.17, 15) is 9.59 Å². The smallest absolute Gasteiger partial charge is 0.260 e. The molecular formula is C25H25ClN4O4. The number of carbonyl (C=O) groups excluding carboxylic acids is 2. The molecule has 1 unspecified atom stereocenters. The number of likely N-dealkylation sites (tertiary alicyclic amines) is 1. The normalized spacial score (nSPS) is 19.5. The van der Waals surface area contributed by atoms with Gasteiger partial charge in [0.15, 0.2) is 11.4 Å². The zero-order chi connectivity index (χ0) is 23.9. The lowest BCUT2D eigenvalue weighted by atomic mass is 9.99. The Hall–Kier alpha value is -3.07. The number of anilines is 1. The van der Waals surface area contributed by atoms with Gasteiger partial charge in [0.1, 0.15) is 11.0 Å². The van der Waals surface area contributed by atoms with Gasteiger partial charge in [0.05, 0.1) is 12.5 Å². The number of rotatable bonds is 5. The summed E-state index contributed by atoms with van der Waals surface area (Å²) in [4.78, 5) is 39.1. The van der Waals surface area contributed by atoms with Gasteiger partial charge in [-0.15, -0.1) is 0 Å². The summed E-state index contributed by atoms with van der Waals surface area (Å²) in [7, 11) is 3.25. The number of nitrogens with zero attached hydrogens (tertiary/aromatic N) is 4. The Morgan fingerprint density at radius 3 is 2.50 bits per heavy atom. The van der Waals surface area contributed by atoms with Crippen LogP contribution in [0.2, 0.25) is 5.15 Å². The minimum Gasteiger partial charge on any atom is -0.353 e. The van der Waals surface area contributed by atoms with Gasteiger partial charge in [0.25, 0.3) is 5.91 Å². The van der Waals surface area contributed by atoms with E-state index in [2.05, 4.69) is 9.97 Å². The van der Waals surface area contributed by atoms with Gasteiger partial charge in [-0.05, 0) is 35.9 Å². The fourth-order valence-corrected chi connectivity index (χ4v) is 4.98. The number of aromatic nitrogens is 2. The van der Waals surface area contributed by atoms with Crippen LogP contribution in [0, 0.1) is 0 Å². The number of piperidine rings is 1. The first-order valence-corrected chi connectivity index (χ1v) is 11.6. The highest BCUT2D eigenvalue weighted by Gasteiger charge is 2.41. The number of halogens is 1. The molecule has 1 atom stereocenters. The largest absolute Gasteiger partial charge is 0.353 e. The first-order valence-electron chi connectivity index (χ1n) is 11.2. The molecule has 1 saturated heterocycles. The second-order valence-corrected chi connectivity index (χ2v) is 8.92. The van der Waals surface area contributed by atoms with E-state index in [1.165, 1.54) is 0 Å². The molecule has 5 rings (SSSR count). The Morgan fingerprint density at radius 1 is 1.06 bits per heavy atom. The molecule has 0 radical (unpaired) electrons. The predicted octanol–water partition coefficient (Wildman–Crippen LogP) is 3.99. The summed E-state index contributed by atoms with van der Waals surface area (Å²) in [5.41, 5.74) is 1.85. The zero-order valence-electron chi connectivity index (χ0n) is 19.0. The Bertz CT molecular complexity index is 1250. The highest BCUT2D eigenvalue weighted by Crippen LogP contribution is 2.40. The molecule has 4 heterocycles. The maximum atomic E-state index is 13.4. The minimum absolute atomic E-state index is 0.0257. The fraction of sp³-hybridized carbons (Fsp3) is 0.360. The molecule has 0 aliphatic carbocycles. The van der Waals surface area contributed by atoms with Gasteiger partial charge in [0, 0.05) is 51.1 Å². The number of pyridine rings is 2. The first-order chi connectivity index (χ1) is 16.4. The molecule has 0 spiro atoms. The Balaban J connectivity index is 1.44. The number of benzene rings is 1. The van der Waals surface area contributed by atoms with Gasteiger partial charge in [0.2, 0.25) is 5.91 Å². The summed E-state index contributed by atoms with van der Waals surface area (Å²) < 4.78 is 11.1. The quantitative estimate of drug-likeness (QED) is 0.405. The number of hydrogen-bond donors (Lipinski definition) is 0. The van der Waals surface area contributed by atoms with Crippen LogP contribution in [0.15, 0.2) is 48.5 Å². The van der Waals surface area contributed by atoms with Gasteiger partial charge >= 0.3 is 0 Å². The van der Waals surface area contributed by atoms with E-state index in [1.54, 1.807) is 37.3 Å². The summed E-state index contributed by atoms with van der Waals surface area (Å²) in [5.74, 6) is -0.416. The monoisotopic (exact) mass is 480 g/mol. The molecule has 2 aliphatic heterocycles. The van der Waals surface area contributed by atoms with Crippen molar-refractivity contribution >= 4 is 40.3 Å². The number of hydrogen-bond acceptors (Lipinski definition) is 6. The van der Waals surface area contributed by atoms with Crippen LogP contribution in [-0.4, -0.2) is 59.8 Å². The molecule has 0 saturated carbocycles. The molecule has 176 valence electrons. The predicted molar refractivity (Wildman–Crippen MR) is 128 cm³/mol. The SMILES string of the molecule is COC1(OC)CCN(C(=O)CC2c3ccccc3C(=O)N2c2ccc3ccc(Cl)nc3n2)CC1. The van der Waals surface area contributed by atoms with Crippen LogP contribution >= 0.6 is 11.6 Å². The van der Waals surface area contributed by atoms with Crippen LogP contribution in [0.4, 0.5) is 5.82 Å². The zero-order valence-corrected chi connectivity index (χ0v) is 19.8. The van der Waals surface area contributed by atoms with Crippen LogP contribution < -0.4 is 4.90 Å². The third kappa shape index (κ3) is 3.91. The van der Waals surface area contributed by atoms with E-state index >= 15 is 0 Å². The minimum atomic E-state index is -0.651. The lowest BCUT2D eigenvalue weighted by Gasteiger charge is -2.40. The number of fused-ring (bicyclic) bond motifs is 2. The lowest BCUT2D eigenvalue weighted by Crippen LogP contribution is -2.49. The third-order valence-corrected chi connectivity index (χ3v) is 7.03. The molecule has 8 nitrogen and oxygen atoms in total. The highest BCUT2D eigenvalue weighted by atomic mass is 35.5. The standard InChI is InChI=1S/C25H25ClN4O4/c1-33-25(34-2)11-13-29(14-12-25)22(31)15-19-17-5-3-4-6-18(17)24(32)30(19)21-10-8-16-7-9-20(26)27-23(16)28-21/h3-10,19H,11-15H2,1-2H3. The average Bonchev–Trinajstić information content (AvgIpc) is 3.15. The van der Waals surface area contributed by atoms with Gasteiger partial charge in [-0.25, -0.2) is 9.97 Å². The molecule has 1 fully saturated rings. The summed E-state index contributed by atoms with van der Waals surface area (Å²) in [6.07, 6.45) is 1.33. The van der Waals surface area contributed by atoms with Crippen molar-refractivity contribution in [3.8, 4) is 0 Å². The van der Waals surface area contributed by atoms with Gasteiger partial charge in [-0.2, -0.15) is 0 Å². The van der Waals surface area contributed by atoms with E-state index in [1.807, 2.05) is 35.2 Å². The van der Waals surface area contributed by atoms with Crippen LogP contribution in [0.3, 0.4) is 0 Å². The topological polar surface area (TPSA) is 84.9 Å². The number of amides is 2.